The normalized spacial score (nSPS) is 15.3. The lowest BCUT2D eigenvalue weighted by Crippen LogP contribution is -2.48. The van der Waals surface area contributed by atoms with Gasteiger partial charge in [-0.1, -0.05) is 49.1 Å². The van der Waals surface area contributed by atoms with Crippen LogP contribution in [0.5, 0.6) is 5.75 Å². The maximum atomic E-state index is 13.5. The summed E-state index contributed by atoms with van der Waals surface area (Å²) in [6, 6.07) is 13.7. The molecule has 0 aromatic heterocycles. The number of aliphatic hydroxyl groups excluding tert-OH is 1. The molecule has 0 heterocycles. The summed E-state index contributed by atoms with van der Waals surface area (Å²) in [6.07, 6.45) is 5.26. The number of carbonyl (C=O) groups is 2. The predicted molar refractivity (Wildman–Crippen MR) is 117 cm³/mol. The molecular formula is C24H30N2O4. The number of rotatable bonds is 7. The van der Waals surface area contributed by atoms with Crippen molar-refractivity contribution in [2.75, 3.05) is 18.6 Å². The molecule has 160 valence electrons. The zero-order valence-corrected chi connectivity index (χ0v) is 17.6. The molecule has 1 unspecified atom stereocenters. The highest BCUT2D eigenvalue weighted by atomic mass is 16.5. The maximum Gasteiger partial charge on any atom is 0.253 e. The summed E-state index contributed by atoms with van der Waals surface area (Å²) >= 11 is 0. The molecule has 0 bridgehead atoms. The van der Waals surface area contributed by atoms with Crippen LogP contribution in [0.4, 0.5) is 5.69 Å². The van der Waals surface area contributed by atoms with Gasteiger partial charge in [-0.15, -0.1) is 0 Å². The molecule has 1 aliphatic carbocycles. The largest absolute Gasteiger partial charge is 0.497 e. The Morgan fingerprint density at radius 3 is 2.27 bits per heavy atom. The number of nitrogens with zero attached hydrogens (tertiary/aromatic N) is 1. The summed E-state index contributed by atoms with van der Waals surface area (Å²) in [6.45, 7) is 1.27. The number of nitrogens with one attached hydrogen (secondary N) is 1. The van der Waals surface area contributed by atoms with E-state index in [1.165, 1.54) is 11.3 Å². The number of aryl methyl sites for hydroxylation is 1. The third-order valence-electron chi connectivity index (χ3n) is 5.61. The second-order valence-corrected chi connectivity index (χ2v) is 7.78. The first-order chi connectivity index (χ1) is 14.5. The second kappa shape index (κ2) is 10.3. The fourth-order valence-electron chi connectivity index (χ4n) is 3.95. The van der Waals surface area contributed by atoms with Crippen LogP contribution in [-0.2, 0) is 9.59 Å². The van der Waals surface area contributed by atoms with Gasteiger partial charge in [0.2, 0.25) is 5.91 Å². The third-order valence-corrected chi connectivity index (χ3v) is 5.61. The van der Waals surface area contributed by atoms with Gasteiger partial charge in [0.25, 0.3) is 5.91 Å². The lowest BCUT2D eigenvalue weighted by Gasteiger charge is -2.33. The number of ether oxygens (including phenoxy) is 1. The molecular weight excluding hydrogens is 380 g/mol. The van der Waals surface area contributed by atoms with Gasteiger partial charge >= 0.3 is 0 Å². The second-order valence-electron chi connectivity index (χ2n) is 7.78. The van der Waals surface area contributed by atoms with E-state index in [9.17, 15) is 14.7 Å². The van der Waals surface area contributed by atoms with Gasteiger partial charge in [0.1, 0.15) is 18.4 Å². The highest BCUT2D eigenvalue weighted by molar-refractivity contribution is 6.01. The minimum atomic E-state index is -0.889. The molecule has 0 saturated heterocycles. The van der Waals surface area contributed by atoms with E-state index in [0.717, 1.165) is 31.2 Å². The van der Waals surface area contributed by atoms with Crippen LogP contribution in [0.2, 0.25) is 0 Å². The molecule has 30 heavy (non-hydrogen) atoms. The molecule has 6 heteroatoms. The standard InChI is InChI=1S/C24H30N2O4/c1-17-8-12-20(13-9-17)26(22(28)16-27)23(18-10-14-21(30-2)15-11-18)24(29)25-19-6-4-3-5-7-19/h8-15,19,23,27H,3-7,16H2,1-2H3,(H,25,29). The third kappa shape index (κ3) is 5.19. The van der Waals surface area contributed by atoms with Gasteiger partial charge in [0.15, 0.2) is 0 Å². The Balaban J connectivity index is 2.00. The number of carbonyl (C=O) groups excluding carboxylic acids is 2. The van der Waals surface area contributed by atoms with E-state index in [4.69, 9.17) is 4.74 Å². The monoisotopic (exact) mass is 410 g/mol. The molecule has 1 aliphatic rings. The van der Waals surface area contributed by atoms with Crippen molar-refractivity contribution in [3.63, 3.8) is 0 Å². The van der Waals surface area contributed by atoms with Crippen molar-refractivity contribution >= 4 is 17.5 Å². The zero-order valence-electron chi connectivity index (χ0n) is 17.6. The number of aliphatic hydroxyl groups is 1. The van der Waals surface area contributed by atoms with E-state index in [-0.39, 0.29) is 11.9 Å². The topological polar surface area (TPSA) is 78.9 Å². The van der Waals surface area contributed by atoms with Gasteiger partial charge < -0.3 is 15.2 Å². The SMILES string of the molecule is COc1ccc(C(C(=O)NC2CCCCC2)N(C(=O)CO)c2ccc(C)cc2)cc1. The van der Waals surface area contributed by atoms with Crippen LogP contribution < -0.4 is 15.0 Å². The van der Waals surface area contributed by atoms with Gasteiger partial charge in [0.05, 0.1) is 7.11 Å². The average molecular weight is 411 g/mol. The maximum absolute atomic E-state index is 13.5. The van der Waals surface area contributed by atoms with Gasteiger partial charge in [-0.3, -0.25) is 14.5 Å². The Bertz CT molecular complexity index is 843. The van der Waals surface area contributed by atoms with Crippen molar-refractivity contribution in [1.82, 2.24) is 5.32 Å². The highest BCUT2D eigenvalue weighted by Crippen LogP contribution is 2.30. The Morgan fingerprint density at radius 1 is 1.07 bits per heavy atom. The first-order valence-corrected chi connectivity index (χ1v) is 10.5. The number of hydrogen-bond donors (Lipinski definition) is 2. The Hall–Kier alpha value is -2.86. The van der Waals surface area contributed by atoms with Crippen molar-refractivity contribution in [3.8, 4) is 5.75 Å². The van der Waals surface area contributed by atoms with Crippen LogP contribution in [0, 0.1) is 6.92 Å². The molecule has 1 fully saturated rings. The first kappa shape index (κ1) is 21.8. The van der Waals surface area contributed by atoms with Gasteiger partial charge in [-0.2, -0.15) is 0 Å². The minimum absolute atomic E-state index is 0.107. The number of amides is 2. The van der Waals surface area contributed by atoms with Crippen molar-refractivity contribution in [1.29, 1.82) is 0 Å². The van der Waals surface area contributed by atoms with E-state index >= 15 is 0 Å². The predicted octanol–water partition coefficient (Wildman–Crippen LogP) is 3.52. The minimum Gasteiger partial charge on any atom is -0.497 e. The lowest BCUT2D eigenvalue weighted by atomic mass is 9.94. The fraction of sp³-hybridized carbons (Fsp3) is 0.417. The van der Waals surface area contributed by atoms with E-state index in [1.807, 2.05) is 19.1 Å². The van der Waals surface area contributed by atoms with Crippen molar-refractivity contribution in [3.05, 3.63) is 59.7 Å². The van der Waals surface area contributed by atoms with Crippen molar-refractivity contribution in [2.45, 2.75) is 51.1 Å². The molecule has 2 aromatic rings. The summed E-state index contributed by atoms with van der Waals surface area (Å²) in [4.78, 5) is 27.6. The number of anilines is 1. The van der Waals surface area contributed by atoms with Crippen molar-refractivity contribution < 1.29 is 19.4 Å². The molecule has 1 saturated carbocycles. The van der Waals surface area contributed by atoms with Gasteiger partial charge in [-0.25, -0.2) is 0 Å². The lowest BCUT2D eigenvalue weighted by molar-refractivity contribution is -0.128. The molecule has 1 atom stereocenters. The van der Waals surface area contributed by atoms with E-state index in [0.29, 0.717) is 17.0 Å². The van der Waals surface area contributed by atoms with Crippen LogP contribution in [0.3, 0.4) is 0 Å². The molecule has 0 spiro atoms. The molecule has 2 N–H and O–H groups in total. The van der Waals surface area contributed by atoms with Crippen LogP contribution in [0.15, 0.2) is 48.5 Å². The Morgan fingerprint density at radius 2 is 1.70 bits per heavy atom. The van der Waals surface area contributed by atoms with Crippen LogP contribution in [0.1, 0.15) is 49.3 Å². The quantitative estimate of drug-likeness (QED) is 0.732. The first-order valence-electron chi connectivity index (χ1n) is 10.5. The van der Waals surface area contributed by atoms with Gasteiger partial charge in [0, 0.05) is 11.7 Å². The van der Waals surface area contributed by atoms with E-state index < -0.39 is 18.6 Å². The number of hydrogen-bond acceptors (Lipinski definition) is 4. The van der Waals surface area contributed by atoms with Crippen LogP contribution in [-0.4, -0.2) is 36.7 Å². The van der Waals surface area contributed by atoms with E-state index in [1.54, 1.807) is 43.5 Å². The average Bonchev–Trinajstić information content (AvgIpc) is 2.78. The molecule has 3 rings (SSSR count). The molecule has 6 nitrogen and oxygen atoms in total. The Labute approximate surface area is 177 Å². The number of benzene rings is 2. The van der Waals surface area contributed by atoms with Crippen molar-refractivity contribution in [2.24, 2.45) is 0 Å². The number of methoxy groups -OCH3 is 1. The molecule has 0 aliphatic heterocycles. The molecule has 2 amide bonds. The molecule has 0 radical (unpaired) electrons. The highest BCUT2D eigenvalue weighted by Gasteiger charge is 2.33. The van der Waals surface area contributed by atoms with Crippen LogP contribution in [0.25, 0.3) is 0 Å². The smallest absolute Gasteiger partial charge is 0.253 e. The molecule has 2 aromatic carbocycles. The summed E-state index contributed by atoms with van der Waals surface area (Å²) in [5, 5.41) is 12.8. The summed E-state index contributed by atoms with van der Waals surface area (Å²) in [7, 11) is 1.58. The Kier molecular flexibility index (Phi) is 7.46. The van der Waals surface area contributed by atoms with Gasteiger partial charge in [-0.05, 0) is 49.6 Å². The summed E-state index contributed by atoms with van der Waals surface area (Å²) in [5.74, 6) is -0.103. The summed E-state index contributed by atoms with van der Waals surface area (Å²) < 4.78 is 5.24. The zero-order chi connectivity index (χ0) is 21.5. The summed E-state index contributed by atoms with van der Waals surface area (Å²) in [5.41, 5.74) is 2.27. The fourth-order valence-corrected chi connectivity index (χ4v) is 3.95. The van der Waals surface area contributed by atoms with E-state index in [2.05, 4.69) is 5.32 Å². The van der Waals surface area contributed by atoms with Crippen LogP contribution >= 0.6 is 0 Å².